The van der Waals surface area contributed by atoms with E-state index in [2.05, 4.69) is 6.92 Å². The van der Waals surface area contributed by atoms with Crippen LogP contribution < -0.4 is 4.89 Å². The van der Waals surface area contributed by atoms with Crippen molar-refractivity contribution in [2.24, 2.45) is 11.8 Å². The van der Waals surface area contributed by atoms with Crippen molar-refractivity contribution in [3.05, 3.63) is 0 Å². The van der Waals surface area contributed by atoms with Gasteiger partial charge in [-0.3, -0.25) is 4.57 Å². The van der Waals surface area contributed by atoms with Crippen molar-refractivity contribution >= 4 is 7.82 Å². The molecule has 1 N–H and O–H groups in total. The van der Waals surface area contributed by atoms with Gasteiger partial charge in [0.1, 0.15) is 0 Å². The maximum atomic E-state index is 11.5. The average molecular weight is 409 g/mol. The van der Waals surface area contributed by atoms with E-state index in [4.69, 9.17) is 18.5 Å². The van der Waals surface area contributed by atoms with Crippen LogP contribution in [0.2, 0.25) is 0 Å². The third kappa shape index (κ3) is 9.35. The summed E-state index contributed by atoms with van der Waals surface area (Å²) in [5, 5.41) is 10.3. The molecule has 162 valence electrons. The fourth-order valence-corrected chi connectivity index (χ4v) is 4.01. The molecule has 0 aromatic rings. The molecule has 1 heterocycles. The maximum Gasteiger partial charge on any atom is 0.267 e. The van der Waals surface area contributed by atoms with Crippen molar-refractivity contribution < 1.29 is 33.1 Å². The van der Waals surface area contributed by atoms with Gasteiger partial charge < -0.3 is 28.5 Å². The molecule has 6 atom stereocenters. The van der Waals surface area contributed by atoms with Crippen LogP contribution >= 0.6 is 7.82 Å². The van der Waals surface area contributed by atoms with E-state index in [1.807, 2.05) is 20.8 Å². The van der Waals surface area contributed by atoms with Gasteiger partial charge in [-0.1, -0.05) is 47.0 Å². The standard InChI is InChI=1S/C19H39O7P/c1-5-7-13-24-27(21,22)25-14-11-9-8-10-12-23-19-16(4)18(20)15(3)17(6-2)26-19/h15-20H,5-14H2,1-4H3,(H,21,22)/p-1/t15-,16?,17?,18?,19+/m0/s1. The number of hydrogen-bond acceptors (Lipinski definition) is 7. The van der Waals surface area contributed by atoms with Crippen LogP contribution in [-0.2, 0) is 23.1 Å². The van der Waals surface area contributed by atoms with E-state index >= 15 is 0 Å². The van der Waals surface area contributed by atoms with Gasteiger partial charge in [-0.15, -0.1) is 0 Å². The molecular weight excluding hydrogens is 371 g/mol. The summed E-state index contributed by atoms with van der Waals surface area (Å²) in [6.07, 6.45) is 4.99. The van der Waals surface area contributed by atoms with Gasteiger partial charge in [-0.2, -0.15) is 0 Å². The first kappa shape index (κ1) is 25.0. The van der Waals surface area contributed by atoms with E-state index in [0.29, 0.717) is 19.4 Å². The molecule has 1 aliphatic rings. The summed E-state index contributed by atoms with van der Waals surface area (Å²) in [6.45, 7) is 8.89. The topological polar surface area (TPSA) is 97.3 Å². The fourth-order valence-electron chi connectivity index (χ4n) is 3.23. The molecule has 1 fully saturated rings. The van der Waals surface area contributed by atoms with Crippen LogP contribution in [0.5, 0.6) is 0 Å². The molecule has 0 saturated carbocycles. The van der Waals surface area contributed by atoms with E-state index in [1.165, 1.54) is 0 Å². The number of phosphoric ester groups is 1. The van der Waals surface area contributed by atoms with Crippen LogP contribution in [0.15, 0.2) is 0 Å². The van der Waals surface area contributed by atoms with Crippen molar-refractivity contribution in [1.82, 2.24) is 0 Å². The Morgan fingerprint density at radius 1 is 0.963 bits per heavy atom. The molecule has 27 heavy (non-hydrogen) atoms. The van der Waals surface area contributed by atoms with Crippen LogP contribution in [0.4, 0.5) is 0 Å². The first-order valence-corrected chi connectivity index (χ1v) is 11.8. The van der Waals surface area contributed by atoms with E-state index in [1.54, 1.807) is 0 Å². The molecule has 0 aromatic heterocycles. The molecule has 0 aliphatic carbocycles. The minimum absolute atomic E-state index is 0.0284. The molecule has 7 nitrogen and oxygen atoms in total. The molecule has 1 aliphatic heterocycles. The first-order valence-electron chi connectivity index (χ1n) is 10.4. The number of aliphatic hydroxyl groups excluding tert-OH is 1. The third-order valence-electron chi connectivity index (χ3n) is 5.12. The predicted molar refractivity (Wildman–Crippen MR) is 102 cm³/mol. The molecule has 0 radical (unpaired) electrons. The number of hydrogen-bond donors (Lipinski definition) is 1. The Kier molecular flexibility index (Phi) is 12.3. The van der Waals surface area contributed by atoms with E-state index < -0.39 is 13.9 Å². The zero-order valence-corrected chi connectivity index (χ0v) is 18.2. The Hall–Kier alpha value is -0.0100. The molecule has 0 bridgehead atoms. The molecule has 1 saturated heterocycles. The Labute approximate surface area is 164 Å². The minimum Gasteiger partial charge on any atom is -0.756 e. The molecule has 1 rings (SSSR count). The van der Waals surface area contributed by atoms with Gasteiger partial charge >= 0.3 is 0 Å². The Morgan fingerprint density at radius 3 is 2.15 bits per heavy atom. The lowest BCUT2D eigenvalue weighted by molar-refractivity contribution is -0.262. The van der Waals surface area contributed by atoms with Gasteiger partial charge in [0.2, 0.25) is 0 Å². The summed E-state index contributed by atoms with van der Waals surface area (Å²) in [7, 11) is -4.14. The highest BCUT2D eigenvalue weighted by Crippen LogP contribution is 2.38. The Bertz CT molecular complexity index is 432. The lowest BCUT2D eigenvalue weighted by atomic mass is 9.85. The largest absolute Gasteiger partial charge is 0.756 e. The summed E-state index contributed by atoms with van der Waals surface area (Å²) >= 11 is 0. The molecule has 0 aromatic carbocycles. The number of aliphatic hydroxyl groups is 1. The van der Waals surface area contributed by atoms with E-state index in [-0.39, 0.29) is 37.4 Å². The smallest absolute Gasteiger partial charge is 0.267 e. The lowest BCUT2D eigenvalue weighted by Crippen LogP contribution is -2.49. The molecule has 0 amide bonds. The zero-order valence-electron chi connectivity index (χ0n) is 17.3. The lowest BCUT2D eigenvalue weighted by Gasteiger charge is -2.42. The Morgan fingerprint density at radius 2 is 1.56 bits per heavy atom. The number of unbranched alkanes of at least 4 members (excludes halogenated alkanes) is 4. The summed E-state index contributed by atoms with van der Waals surface area (Å²) < 4.78 is 32.9. The van der Waals surface area contributed by atoms with Gasteiger partial charge in [-0.05, 0) is 25.7 Å². The highest BCUT2D eigenvalue weighted by atomic mass is 31.2. The van der Waals surface area contributed by atoms with Crippen molar-refractivity contribution in [3.8, 4) is 0 Å². The van der Waals surface area contributed by atoms with Crippen molar-refractivity contribution in [1.29, 1.82) is 0 Å². The van der Waals surface area contributed by atoms with E-state index in [9.17, 15) is 14.6 Å². The van der Waals surface area contributed by atoms with Crippen LogP contribution in [0.25, 0.3) is 0 Å². The normalized spacial score (nSPS) is 31.0. The fraction of sp³-hybridized carbons (Fsp3) is 1.00. The number of rotatable bonds is 14. The predicted octanol–water partition coefficient (Wildman–Crippen LogP) is 3.63. The quantitative estimate of drug-likeness (QED) is 0.345. The molecule has 0 spiro atoms. The molecule has 4 unspecified atom stereocenters. The highest BCUT2D eigenvalue weighted by Gasteiger charge is 2.40. The molecular formula is C19H38O7P-. The second-order valence-electron chi connectivity index (χ2n) is 7.41. The van der Waals surface area contributed by atoms with Crippen molar-refractivity contribution in [2.75, 3.05) is 19.8 Å². The van der Waals surface area contributed by atoms with Gasteiger partial charge in [0.25, 0.3) is 7.82 Å². The number of ether oxygens (including phenoxy) is 2. The summed E-state index contributed by atoms with van der Waals surface area (Å²) in [6, 6.07) is 0. The second-order valence-corrected chi connectivity index (χ2v) is 8.82. The second kappa shape index (κ2) is 13.3. The first-order chi connectivity index (χ1) is 12.8. The van der Waals surface area contributed by atoms with Gasteiger partial charge in [0, 0.05) is 18.4 Å². The van der Waals surface area contributed by atoms with Crippen molar-refractivity contribution in [3.63, 3.8) is 0 Å². The maximum absolute atomic E-state index is 11.5. The molecule has 8 heteroatoms. The summed E-state index contributed by atoms with van der Waals surface area (Å²) in [4.78, 5) is 11.5. The van der Waals surface area contributed by atoms with E-state index in [0.717, 1.165) is 32.1 Å². The van der Waals surface area contributed by atoms with Crippen LogP contribution in [0, 0.1) is 11.8 Å². The van der Waals surface area contributed by atoms with Crippen LogP contribution in [0.1, 0.15) is 72.6 Å². The monoisotopic (exact) mass is 409 g/mol. The number of phosphoric acid groups is 1. The van der Waals surface area contributed by atoms with Gasteiger partial charge in [0.15, 0.2) is 6.29 Å². The Balaban J connectivity index is 2.09. The van der Waals surface area contributed by atoms with Gasteiger partial charge in [-0.25, -0.2) is 0 Å². The van der Waals surface area contributed by atoms with Crippen molar-refractivity contribution in [2.45, 2.75) is 91.1 Å². The summed E-state index contributed by atoms with van der Waals surface area (Å²) in [5.41, 5.74) is 0. The van der Waals surface area contributed by atoms with Gasteiger partial charge in [0.05, 0.1) is 25.4 Å². The van der Waals surface area contributed by atoms with Crippen LogP contribution in [0.3, 0.4) is 0 Å². The third-order valence-corrected chi connectivity index (χ3v) is 6.12. The zero-order chi connectivity index (χ0) is 20.3. The highest BCUT2D eigenvalue weighted by molar-refractivity contribution is 7.45. The van der Waals surface area contributed by atoms with Crippen LogP contribution in [-0.4, -0.2) is 43.4 Å². The minimum atomic E-state index is -4.14. The summed E-state index contributed by atoms with van der Waals surface area (Å²) in [5.74, 6) is 0.0721. The average Bonchev–Trinajstić information content (AvgIpc) is 2.63. The SMILES string of the molecule is CCCCOP(=O)([O-])OCCCCCCO[C@@H]1OC(CC)[C@H](C)C(O)C1C.